The number of amidine groups is 1. The van der Waals surface area contributed by atoms with Gasteiger partial charge < -0.3 is 14.6 Å². The molecule has 0 unspecified atom stereocenters. The molecule has 2 aromatic heterocycles. The van der Waals surface area contributed by atoms with E-state index in [0.717, 1.165) is 31.7 Å². The average Bonchev–Trinajstić information content (AvgIpc) is 3.71. The van der Waals surface area contributed by atoms with Crippen LogP contribution in [0.15, 0.2) is 27.8 Å². The second-order valence-corrected chi connectivity index (χ2v) is 8.19. The third-order valence-corrected chi connectivity index (χ3v) is 5.57. The predicted molar refractivity (Wildman–Crippen MR) is 115 cm³/mol. The van der Waals surface area contributed by atoms with Crippen LogP contribution in [0.1, 0.15) is 43.6 Å². The van der Waals surface area contributed by atoms with Crippen LogP contribution in [0.3, 0.4) is 0 Å². The summed E-state index contributed by atoms with van der Waals surface area (Å²) in [6.07, 6.45) is 3.35. The van der Waals surface area contributed by atoms with Gasteiger partial charge in [0, 0.05) is 19.1 Å². The summed E-state index contributed by atoms with van der Waals surface area (Å²) >= 11 is 0. The Hall–Kier alpha value is -3.94. The average molecular weight is 454 g/mol. The van der Waals surface area contributed by atoms with E-state index in [1.165, 1.54) is 28.6 Å². The topological polar surface area (TPSA) is 109 Å². The molecule has 2 aliphatic carbocycles. The van der Waals surface area contributed by atoms with Crippen LogP contribution in [0.2, 0.25) is 0 Å². The predicted octanol–water partition coefficient (Wildman–Crippen LogP) is 2.13. The molecular formula is C22H20F2N6O3. The molecule has 5 rings (SSSR count). The van der Waals surface area contributed by atoms with Gasteiger partial charge in [-0.2, -0.15) is 4.39 Å². The quantitative estimate of drug-likeness (QED) is 0.357. The molecule has 0 saturated heterocycles. The Balaban J connectivity index is 1.37. The number of aromatic nitrogens is 4. The van der Waals surface area contributed by atoms with E-state index >= 15 is 0 Å². The van der Waals surface area contributed by atoms with Gasteiger partial charge in [-0.15, -0.1) is 0 Å². The number of H-pyrrole nitrogens is 1. The molecule has 0 bridgehead atoms. The fourth-order valence-electron chi connectivity index (χ4n) is 3.54. The summed E-state index contributed by atoms with van der Waals surface area (Å²) in [5.41, 5.74) is -0.152. The standard InChI is InChI=1S/C22H20F2N6O3/c1-28(21(25)33-15-5-2-4-14(23)17(15)24)11-3-6-16-26-18-19(27-16)29(12-7-8-12)22(32)30(20(18)31)13-9-10-13/h2,4-5,12-13,25H,7-11H2,1H3,(H,26,27). The van der Waals surface area contributed by atoms with Crippen molar-refractivity contribution in [3.05, 3.63) is 56.5 Å². The van der Waals surface area contributed by atoms with Crippen molar-refractivity contribution < 1.29 is 13.5 Å². The van der Waals surface area contributed by atoms with Gasteiger partial charge in [0.1, 0.15) is 0 Å². The first-order valence-corrected chi connectivity index (χ1v) is 10.5. The van der Waals surface area contributed by atoms with Crippen LogP contribution in [0.25, 0.3) is 11.2 Å². The molecule has 2 aliphatic rings. The maximum Gasteiger partial charge on any atom is 0.333 e. The van der Waals surface area contributed by atoms with E-state index in [0.29, 0.717) is 5.65 Å². The molecule has 170 valence electrons. The van der Waals surface area contributed by atoms with Crippen molar-refractivity contribution in [2.75, 3.05) is 13.6 Å². The Morgan fingerprint density at radius 1 is 1.24 bits per heavy atom. The normalized spacial score (nSPS) is 15.2. The monoisotopic (exact) mass is 454 g/mol. The lowest BCUT2D eigenvalue weighted by molar-refractivity contribution is 0.381. The largest absolute Gasteiger partial charge is 0.423 e. The Bertz CT molecular complexity index is 1450. The number of hydrogen-bond acceptors (Lipinski definition) is 5. The van der Waals surface area contributed by atoms with Gasteiger partial charge >= 0.3 is 5.69 Å². The summed E-state index contributed by atoms with van der Waals surface area (Å²) in [5.74, 6) is 3.17. The number of ether oxygens (including phenoxy) is 1. The van der Waals surface area contributed by atoms with Crippen molar-refractivity contribution in [1.29, 1.82) is 5.41 Å². The Morgan fingerprint density at radius 3 is 2.64 bits per heavy atom. The van der Waals surface area contributed by atoms with Gasteiger partial charge in [0.15, 0.2) is 28.6 Å². The number of imidazole rings is 1. The van der Waals surface area contributed by atoms with Crippen LogP contribution in [-0.4, -0.2) is 43.6 Å². The van der Waals surface area contributed by atoms with Gasteiger partial charge in [0.2, 0.25) is 5.82 Å². The van der Waals surface area contributed by atoms with Crippen LogP contribution in [0, 0.1) is 28.9 Å². The number of aromatic amines is 1. The first-order valence-electron chi connectivity index (χ1n) is 10.5. The number of nitrogens with one attached hydrogen (secondary N) is 2. The number of nitrogens with zero attached hydrogens (tertiary/aromatic N) is 4. The smallest absolute Gasteiger partial charge is 0.333 e. The zero-order valence-electron chi connectivity index (χ0n) is 17.7. The SMILES string of the molecule is CN(CC#Cc1nc2c([nH]1)c(=O)n(C1CC1)c(=O)n2C1CC1)C(=N)Oc1cccc(F)c1F. The molecule has 2 fully saturated rings. The van der Waals surface area contributed by atoms with Crippen LogP contribution < -0.4 is 16.0 Å². The highest BCUT2D eigenvalue weighted by molar-refractivity contribution is 5.73. The number of halogens is 2. The van der Waals surface area contributed by atoms with Crippen LogP contribution >= 0.6 is 0 Å². The van der Waals surface area contributed by atoms with E-state index in [2.05, 4.69) is 21.8 Å². The molecule has 9 nitrogen and oxygen atoms in total. The number of hydrogen-bond donors (Lipinski definition) is 2. The van der Waals surface area contributed by atoms with Gasteiger partial charge in [0.25, 0.3) is 11.6 Å². The Kier molecular flexibility index (Phi) is 5.00. The molecule has 0 amide bonds. The van der Waals surface area contributed by atoms with Gasteiger partial charge in [-0.25, -0.2) is 14.2 Å². The van der Waals surface area contributed by atoms with Crippen molar-refractivity contribution in [3.63, 3.8) is 0 Å². The van der Waals surface area contributed by atoms with Gasteiger partial charge in [0.05, 0.1) is 6.54 Å². The lowest BCUT2D eigenvalue weighted by Crippen LogP contribution is -2.39. The molecule has 2 heterocycles. The molecule has 0 spiro atoms. The summed E-state index contributed by atoms with van der Waals surface area (Å²) < 4.78 is 35.0. The van der Waals surface area contributed by atoms with E-state index in [9.17, 15) is 18.4 Å². The molecule has 1 aromatic carbocycles. The van der Waals surface area contributed by atoms with Gasteiger partial charge in [-0.1, -0.05) is 12.0 Å². The van der Waals surface area contributed by atoms with E-state index in [-0.39, 0.29) is 41.2 Å². The van der Waals surface area contributed by atoms with E-state index < -0.39 is 23.4 Å². The van der Waals surface area contributed by atoms with E-state index in [1.807, 2.05) is 0 Å². The zero-order valence-corrected chi connectivity index (χ0v) is 17.7. The number of rotatable bonds is 4. The molecule has 3 aromatic rings. The number of fused-ring (bicyclic) bond motifs is 1. The third-order valence-electron chi connectivity index (χ3n) is 5.57. The van der Waals surface area contributed by atoms with Crippen molar-refractivity contribution in [1.82, 2.24) is 24.0 Å². The van der Waals surface area contributed by atoms with Crippen LogP contribution in [0.4, 0.5) is 8.78 Å². The summed E-state index contributed by atoms with van der Waals surface area (Å²) in [6.45, 7) is 0.0224. The first-order chi connectivity index (χ1) is 15.8. The minimum Gasteiger partial charge on any atom is -0.423 e. The first kappa shape index (κ1) is 20.9. The lowest BCUT2D eigenvalue weighted by atomic mass is 10.3. The van der Waals surface area contributed by atoms with Gasteiger partial charge in [-0.05, 0) is 43.7 Å². The second-order valence-electron chi connectivity index (χ2n) is 8.19. The highest BCUT2D eigenvalue weighted by Gasteiger charge is 2.34. The van der Waals surface area contributed by atoms with Crippen LogP contribution in [-0.2, 0) is 0 Å². The molecular weight excluding hydrogens is 434 g/mol. The maximum atomic E-state index is 13.7. The third kappa shape index (κ3) is 3.88. The minimum absolute atomic E-state index is 0.0224. The maximum absolute atomic E-state index is 13.7. The summed E-state index contributed by atoms with van der Waals surface area (Å²) in [4.78, 5) is 34.3. The van der Waals surface area contributed by atoms with Crippen molar-refractivity contribution >= 4 is 17.2 Å². The molecule has 0 radical (unpaired) electrons. The number of benzene rings is 1. The highest BCUT2D eigenvalue weighted by atomic mass is 19.2. The zero-order chi connectivity index (χ0) is 23.3. The molecule has 33 heavy (non-hydrogen) atoms. The lowest BCUT2D eigenvalue weighted by Gasteiger charge is -2.17. The fraction of sp³-hybridized carbons (Fsp3) is 0.364. The second kappa shape index (κ2) is 7.88. The molecule has 2 N–H and O–H groups in total. The van der Waals surface area contributed by atoms with E-state index in [4.69, 9.17) is 10.1 Å². The molecule has 0 atom stereocenters. The fourth-order valence-corrected chi connectivity index (χ4v) is 3.54. The molecule has 11 heteroatoms. The summed E-state index contributed by atoms with van der Waals surface area (Å²) in [5, 5.41) is 7.91. The van der Waals surface area contributed by atoms with Gasteiger partial charge in [-0.3, -0.25) is 19.3 Å². The summed E-state index contributed by atoms with van der Waals surface area (Å²) in [7, 11) is 1.51. The molecule has 0 aliphatic heterocycles. The Morgan fingerprint density at radius 2 is 1.94 bits per heavy atom. The Labute approximate surface area is 186 Å². The minimum atomic E-state index is -1.18. The van der Waals surface area contributed by atoms with Crippen molar-refractivity contribution in [2.45, 2.75) is 37.8 Å². The summed E-state index contributed by atoms with van der Waals surface area (Å²) in [6, 6.07) is 3.02. The highest BCUT2D eigenvalue weighted by Crippen LogP contribution is 2.36. The molecule has 2 saturated carbocycles. The van der Waals surface area contributed by atoms with Crippen LogP contribution in [0.5, 0.6) is 5.75 Å². The van der Waals surface area contributed by atoms with E-state index in [1.54, 1.807) is 4.57 Å². The van der Waals surface area contributed by atoms with Crippen molar-refractivity contribution in [2.24, 2.45) is 0 Å². The van der Waals surface area contributed by atoms with Crippen molar-refractivity contribution in [3.8, 4) is 17.6 Å².